The molecule has 0 amide bonds. The Morgan fingerprint density at radius 3 is 3.07 bits per heavy atom. The maximum absolute atomic E-state index is 12.7. The van der Waals surface area contributed by atoms with Gasteiger partial charge in [-0.25, -0.2) is 0 Å². The number of halogens is 1. The largest absolute Gasteiger partial charge is 0.468 e. The van der Waals surface area contributed by atoms with E-state index in [1.54, 1.807) is 0 Å². The molecule has 1 heterocycles. The number of carbonyl (C=O) groups excluding carboxylic acids is 2. The second-order valence-electron chi connectivity index (χ2n) is 2.26. The van der Waals surface area contributed by atoms with Gasteiger partial charge in [-0.2, -0.15) is 4.39 Å². The molecule has 14 heavy (non-hydrogen) atoms. The van der Waals surface area contributed by atoms with E-state index >= 15 is 0 Å². The molecule has 0 saturated carbocycles. The first-order valence-electron chi connectivity index (χ1n) is 3.61. The number of thioether (sulfide) groups is 1. The Labute approximate surface area is 88.3 Å². The summed E-state index contributed by atoms with van der Waals surface area (Å²) in [7, 11) is 1.28. The van der Waals surface area contributed by atoms with Crippen molar-refractivity contribution in [3.63, 3.8) is 0 Å². The molecule has 0 aliphatic rings. The predicted octanol–water partition coefficient (Wildman–Crippen LogP) is 1.96. The number of carbonyl (C=O) groups is 2. The molecule has 0 saturated heterocycles. The monoisotopic (exact) mass is 234 g/mol. The molecule has 6 heteroatoms. The van der Waals surface area contributed by atoms with Crippen LogP contribution in [0.3, 0.4) is 0 Å². The highest BCUT2D eigenvalue weighted by atomic mass is 32.2. The second kappa shape index (κ2) is 5.11. The summed E-state index contributed by atoms with van der Waals surface area (Å²) < 4.78 is 17.1. The van der Waals surface area contributed by atoms with Crippen LogP contribution in [-0.4, -0.2) is 25.1 Å². The highest BCUT2D eigenvalue weighted by Crippen LogP contribution is 2.28. The fourth-order valence-electron chi connectivity index (χ4n) is 0.750. The van der Waals surface area contributed by atoms with E-state index in [9.17, 15) is 14.0 Å². The molecule has 0 aliphatic carbocycles. The first-order valence-corrected chi connectivity index (χ1v) is 5.41. The van der Waals surface area contributed by atoms with E-state index < -0.39 is 11.1 Å². The van der Waals surface area contributed by atoms with E-state index in [2.05, 4.69) is 4.74 Å². The van der Waals surface area contributed by atoms with E-state index in [0.29, 0.717) is 16.1 Å². The number of esters is 1. The van der Waals surface area contributed by atoms with Gasteiger partial charge in [-0.3, -0.25) is 9.59 Å². The van der Waals surface area contributed by atoms with Gasteiger partial charge in [-0.1, -0.05) is 0 Å². The van der Waals surface area contributed by atoms with Gasteiger partial charge >= 0.3 is 5.97 Å². The quantitative estimate of drug-likeness (QED) is 0.454. The Bertz CT molecular complexity index is 348. The molecule has 3 nitrogen and oxygen atoms in total. The summed E-state index contributed by atoms with van der Waals surface area (Å²) in [5.74, 6) is -0.327. The number of hydrogen-bond acceptors (Lipinski definition) is 5. The van der Waals surface area contributed by atoms with Crippen molar-refractivity contribution in [1.29, 1.82) is 0 Å². The molecule has 0 N–H and O–H groups in total. The number of thiophene rings is 1. The number of hydrogen-bond donors (Lipinski definition) is 0. The van der Waals surface area contributed by atoms with Gasteiger partial charge in [0.25, 0.3) is 0 Å². The summed E-state index contributed by atoms with van der Waals surface area (Å²) in [6, 6.07) is 1.24. The van der Waals surface area contributed by atoms with Gasteiger partial charge < -0.3 is 4.74 Å². The van der Waals surface area contributed by atoms with Crippen LogP contribution in [0.5, 0.6) is 0 Å². The lowest BCUT2D eigenvalue weighted by Gasteiger charge is -1.97. The van der Waals surface area contributed by atoms with Crippen LogP contribution in [0.15, 0.2) is 11.0 Å². The Kier molecular flexibility index (Phi) is 4.09. The van der Waals surface area contributed by atoms with Gasteiger partial charge in [0.2, 0.25) is 0 Å². The van der Waals surface area contributed by atoms with Crippen LogP contribution in [0.1, 0.15) is 9.67 Å². The van der Waals surface area contributed by atoms with Crippen molar-refractivity contribution >= 4 is 35.4 Å². The predicted molar refractivity (Wildman–Crippen MR) is 52.4 cm³/mol. The molecule has 1 rings (SSSR count). The number of methoxy groups -OCH3 is 1. The molecule has 0 aromatic carbocycles. The third-order valence-electron chi connectivity index (χ3n) is 1.38. The van der Waals surface area contributed by atoms with Crippen molar-refractivity contribution in [2.45, 2.75) is 4.90 Å². The zero-order valence-electron chi connectivity index (χ0n) is 7.28. The summed E-state index contributed by atoms with van der Waals surface area (Å²) in [5.41, 5.74) is 0. The van der Waals surface area contributed by atoms with E-state index in [1.165, 1.54) is 13.2 Å². The maximum Gasteiger partial charge on any atom is 0.315 e. The summed E-state index contributed by atoms with van der Waals surface area (Å²) in [4.78, 5) is 22.0. The van der Waals surface area contributed by atoms with E-state index in [1.807, 2.05) is 0 Å². The lowest BCUT2D eigenvalue weighted by Crippen LogP contribution is -2.02. The van der Waals surface area contributed by atoms with Crippen molar-refractivity contribution in [3.05, 3.63) is 16.1 Å². The molecule has 1 aromatic heterocycles. The Balaban J connectivity index is 2.66. The van der Waals surface area contributed by atoms with Crippen molar-refractivity contribution < 1.29 is 18.7 Å². The molecular weight excluding hydrogens is 227 g/mol. The minimum Gasteiger partial charge on any atom is -0.468 e. The Morgan fingerprint density at radius 1 is 1.79 bits per heavy atom. The third-order valence-corrected chi connectivity index (χ3v) is 3.38. The smallest absolute Gasteiger partial charge is 0.315 e. The van der Waals surface area contributed by atoms with Crippen LogP contribution in [0.4, 0.5) is 4.39 Å². The molecule has 0 bridgehead atoms. The molecule has 0 fully saturated rings. The number of rotatable bonds is 4. The zero-order valence-corrected chi connectivity index (χ0v) is 8.91. The fourth-order valence-corrected chi connectivity index (χ4v) is 2.49. The summed E-state index contributed by atoms with van der Waals surface area (Å²) in [5, 5.41) is -0.431. The highest BCUT2D eigenvalue weighted by Gasteiger charge is 2.10. The highest BCUT2D eigenvalue weighted by molar-refractivity contribution is 8.00. The minimum atomic E-state index is -0.431. The average molecular weight is 234 g/mol. The summed E-state index contributed by atoms with van der Waals surface area (Å²) >= 11 is 1.86. The molecule has 1 aromatic rings. The van der Waals surface area contributed by atoms with Gasteiger partial charge in [0.05, 0.1) is 17.7 Å². The van der Waals surface area contributed by atoms with Gasteiger partial charge in [0.15, 0.2) is 11.4 Å². The minimum absolute atomic E-state index is 0.0769. The van der Waals surface area contributed by atoms with Crippen LogP contribution >= 0.6 is 23.1 Å². The molecule has 0 spiro atoms. The molecule has 0 aliphatic heterocycles. The topological polar surface area (TPSA) is 43.4 Å². The second-order valence-corrected chi connectivity index (χ2v) is 4.31. The van der Waals surface area contributed by atoms with E-state index in [-0.39, 0.29) is 5.75 Å². The maximum atomic E-state index is 12.7. The molecular formula is C8H7FO3S2. The standard InChI is InChI=1S/C8H7FO3S2/c1-12-8(11)4-13-5-2-7(9)14-6(5)3-10/h2-3H,4H2,1H3. The lowest BCUT2D eigenvalue weighted by molar-refractivity contribution is -0.137. The average Bonchev–Trinajstić information content (AvgIpc) is 2.55. The normalized spacial score (nSPS) is 9.86. The van der Waals surface area contributed by atoms with Crippen molar-refractivity contribution in [1.82, 2.24) is 0 Å². The van der Waals surface area contributed by atoms with Crippen LogP contribution in [0.2, 0.25) is 0 Å². The summed E-state index contributed by atoms with van der Waals surface area (Å²) in [6.45, 7) is 0. The third kappa shape index (κ3) is 2.81. The number of ether oxygens (including phenoxy) is 1. The van der Waals surface area contributed by atoms with Crippen LogP contribution < -0.4 is 0 Å². The molecule has 76 valence electrons. The molecule has 0 unspecified atom stereocenters. The van der Waals surface area contributed by atoms with Gasteiger partial charge in [0.1, 0.15) is 0 Å². The van der Waals surface area contributed by atoms with Gasteiger partial charge in [-0.15, -0.1) is 23.1 Å². The first-order chi connectivity index (χ1) is 6.67. The van der Waals surface area contributed by atoms with Crippen LogP contribution in [-0.2, 0) is 9.53 Å². The van der Waals surface area contributed by atoms with Crippen LogP contribution in [0.25, 0.3) is 0 Å². The van der Waals surface area contributed by atoms with Crippen LogP contribution in [0, 0.1) is 5.13 Å². The SMILES string of the molecule is COC(=O)CSc1cc(F)sc1C=O. The Hall–Kier alpha value is -0.880. The van der Waals surface area contributed by atoms with E-state index in [0.717, 1.165) is 23.1 Å². The summed E-state index contributed by atoms with van der Waals surface area (Å²) in [6.07, 6.45) is 0.577. The zero-order chi connectivity index (χ0) is 10.6. The van der Waals surface area contributed by atoms with Crippen molar-refractivity contribution in [2.75, 3.05) is 12.9 Å². The Morgan fingerprint density at radius 2 is 2.50 bits per heavy atom. The van der Waals surface area contributed by atoms with Gasteiger partial charge in [-0.05, 0) is 6.07 Å². The van der Waals surface area contributed by atoms with Crippen molar-refractivity contribution in [3.8, 4) is 0 Å². The fraction of sp³-hybridized carbons (Fsp3) is 0.250. The molecule has 0 atom stereocenters. The lowest BCUT2D eigenvalue weighted by atomic mass is 10.5. The van der Waals surface area contributed by atoms with Gasteiger partial charge in [0, 0.05) is 4.90 Å². The van der Waals surface area contributed by atoms with Crippen molar-refractivity contribution in [2.24, 2.45) is 0 Å². The van der Waals surface area contributed by atoms with E-state index in [4.69, 9.17) is 0 Å². The number of aldehydes is 1. The first kappa shape index (κ1) is 11.2. The molecule has 0 radical (unpaired) electrons.